The van der Waals surface area contributed by atoms with Crippen molar-refractivity contribution in [2.75, 3.05) is 13.7 Å². The molecule has 142 valence electrons. The second kappa shape index (κ2) is 7.82. The van der Waals surface area contributed by atoms with Gasteiger partial charge in [0.15, 0.2) is 5.82 Å². The van der Waals surface area contributed by atoms with Crippen LogP contribution in [0.25, 0.3) is 22.4 Å². The standard InChI is InChI=1S/C21H19N3O3S/c1-3-12-27-17-10-6-15(7-11-17)19-22-21-24(23-19)20(25)18(28-21)13-14-4-8-16(26-2)9-5-14/h4-11,13H,3,12H2,1-2H3/b18-13-. The van der Waals surface area contributed by atoms with Crippen LogP contribution in [0.1, 0.15) is 18.9 Å². The van der Waals surface area contributed by atoms with E-state index in [1.807, 2.05) is 54.6 Å². The van der Waals surface area contributed by atoms with Crippen LogP contribution in [0.4, 0.5) is 0 Å². The Kier molecular flexibility index (Phi) is 5.08. The molecule has 0 saturated heterocycles. The summed E-state index contributed by atoms with van der Waals surface area (Å²) in [5.74, 6) is 2.12. The maximum atomic E-state index is 12.7. The number of hydrogen-bond acceptors (Lipinski definition) is 6. The molecule has 7 heteroatoms. The van der Waals surface area contributed by atoms with Gasteiger partial charge in [-0.05, 0) is 54.5 Å². The minimum absolute atomic E-state index is 0.169. The fourth-order valence-electron chi connectivity index (χ4n) is 2.73. The van der Waals surface area contributed by atoms with E-state index in [2.05, 4.69) is 17.0 Å². The average molecular weight is 393 g/mol. The molecule has 2 heterocycles. The van der Waals surface area contributed by atoms with Gasteiger partial charge in [0.25, 0.3) is 5.56 Å². The third kappa shape index (κ3) is 3.61. The van der Waals surface area contributed by atoms with E-state index in [9.17, 15) is 4.79 Å². The molecular formula is C21H19N3O3S. The van der Waals surface area contributed by atoms with Crippen molar-refractivity contribution in [1.29, 1.82) is 0 Å². The van der Waals surface area contributed by atoms with Crippen molar-refractivity contribution in [1.82, 2.24) is 14.6 Å². The highest BCUT2D eigenvalue weighted by Crippen LogP contribution is 2.20. The molecule has 0 radical (unpaired) electrons. The normalized spacial score (nSPS) is 11.9. The Morgan fingerprint density at radius 3 is 2.43 bits per heavy atom. The molecular weight excluding hydrogens is 374 g/mol. The minimum Gasteiger partial charge on any atom is -0.497 e. The largest absolute Gasteiger partial charge is 0.497 e. The molecule has 0 amide bonds. The number of hydrogen-bond donors (Lipinski definition) is 0. The predicted molar refractivity (Wildman–Crippen MR) is 110 cm³/mol. The summed E-state index contributed by atoms with van der Waals surface area (Å²) in [5.41, 5.74) is 1.60. The third-order valence-electron chi connectivity index (χ3n) is 4.18. The molecule has 28 heavy (non-hydrogen) atoms. The number of thiazole rings is 1. The second-order valence-electron chi connectivity index (χ2n) is 6.19. The first-order valence-corrected chi connectivity index (χ1v) is 9.78. The lowest BCUT2D eigenvalue weighted by Crippen LogP contribution is -2.23. The summed E-state index contributed by atoms with van der Waals surface area (Å²) in [6.45, 7) is 2.75. The Bertz CT molecular complexity index is 1190. The van der Waals surface area contributed by atoms with Gasteiger partial charge in [0.05, 0.1) is 18.2 Å². The van der Waals surface area contributed by atoms with Gasteiger partial charge in [0, 0.05) is 5.56 Å². The molecule has 4 aromatic rings. The smallest absolute Gasteiger partial charge is 0.291 e. The first-order valence-electron chi connectivity index (χ1n) is 8.96. The number of aromatic nitrogens is 3. The van der Waals surface area contributed by atoms with Gasteiger partial charge in [-0.2, -0.15) is 9.50 Å². The molecule has 0 aliphatic carbocycles. The van der Waals surface area contributed by atoms with Crippen LogP contribution in [0.3, 0.4) is 0 Å². The van der Waals surface area contributed by atoms with Gasteiger partial charge in [-0.1, -0.05) is 30.4 Å². The molecule has 0 atom stereocenters. The Morgan fingerprint density at radius 1 is 1.07 bits per heavy atom. The lowest BCUT2D eigenvalue weighted by Gasteiger charge is -2.04. The zero-order valence-electron chi connectivity index (χ0n) is 15.6. The van der Waals surface area contributed by atoms with Crippen LogP contribution in [0.15, 0.2) is 53.3 Å². The van der Waals surface area contributed by atoms with E-state index in [0.29, 0.717) is 21.9 Å². The van der Waals surface area contributed by atoms with Crippen LogP contribution in [-0.2, 0) is 0 Å². The topological polar surface area (TPSA) is 65.7 Å². The predicted octanol–water partition coefficient (Wildman–Crippen LogP) is 3.16. The summed E-state index contributed by atoms with van der Waals surface area (Å²) >= 11 is 1.32. The van der Waals surface area contributed by atoms with Crippen molar-refractivity contribution in [3.8, 4) is 22.9 Å². The monoisotopic (exact) mass is 393 g/mol. The van der Waals surface area contributed by atoms with Crippen LogP contribution in [-0.4, -0.2) is 28.3 Å². The second-order valence-corrected chi connectivity index (χ2v) is 7.20. The number of fused-ring (bicyclic) bond motifs is 1. The van der Waals surface area contributed by atoms with E-state index in [1.165, 1.54) is 15.9 Å². The number of rotatable bonds is 6. The quantitative estimate of drug-likeness (QED) is 0.503. The first-order chi connectivity index (χ1) is 13.7. The molecule has 2 aromatic heterocycles. The van der Waals surface area contributed by atoms with E-state index in [-0.39, 0.29) is 5.56 Å². The summed E-state index contributed by atoms with van der Waals surface area (Å²) in [5, 5.41) is 4.39. The SMILES string of the molecule is CCCOc1ccc(-c2nc3s/c(=C\c4ccc(OC)cc4)c(=O)n3n2)cc1. The van der Waals surface area contributed by atoms with E-state index >= 15 is 0 Å². The highest BCUT2D eigenvalue weighted by atomic mass is 32.1. The van der Waals surface area contributed by atoms with Crippen LogP contribution in [0.5, 0.6) is 11.5 Å². The van der Waals surface area contributed by atoms with E-state index in [0.717, 1.165) is 29.0 Å². The molecule has 0 fully saturated rings. The number of benzene rings is 2. The molecule has 0 N–H and O–H groups in total. The summed E-state index contributed by atoms with van der Waals surface area (Å²) < 4.78 is 12.7. The van der Waals surface area contributed by atoms with Crippen molar-refractivity contribution in [3.63, 3.8) is 0 Å². The lowest BCUT2D eigenvalue weighted by atomic mass is 10.2. The highest BCUT2D eigenvalue weighted by Gasteiger charge is 2.12. The molecule has 0 aliphatic heterocycles. The summed E-state index contributed by atoms with van der Waals surface area (Å²) in [4.78, 5) is 17.8. The fourth-order valence-corrected chi connectivity index (χ4v) is 3.64. The average Bonchev–Trinajstić information content (AvgIpc) is 3.27. The van der Waals surface area contributed by atoms with Gasteiger partial charge in [-0.15, -0.1) is 5.10 Å². The summed E-state index contributed by atoms with van der Waals surface area (Å²) in [7, 11) is 1.62. The van der Waals surface area contributed by atoms with Gasteiger partial charge < -0.3 is 9.47 Å². The summed E-state index contributed by atoms with van der Waals surface area (Å²) in [6, 6.07) is 15.1. The summed E-state index contributed by atoms with van der Waals surface area (Å²) in [6.07, 6.45) is 2.80. The van der Waals surface area contributed by atoms with Gasteiger partial charge in [0.2, 0.25) is 4.96 Å². The van der Waals surface area contributed by atoms with Gasteiger partial charge in [0.1, 0.15) is 11.5 Å². The van der Waals surface area contributed by atoms with Crippen LogP contribution in [0, 0.1) is 0 Å². The van der Waals surface area contributed by atoms with Gasteiger partial charge >= 0.3 is 0 Å². The van der Waals surface area contributed by atoms with Crippen molar-refractivity contribution >= 4 is 22.4 Å². The molecule has 2 aromatic carbocycles. The molecule has 0 saturated carbocycles. The van der Waals surface area contributed by atoms with Crippen molar-refractivity contribution < 1.29 is 9.47 Å². The van der Waals surface area contributed by atoms with Crippen molar-refractivity contribution in [2.45, 2.75) is 13.3 Å². The van der Waals surface area contributed by atoms with Crippen LogP contribution >= 0.6 is 11.3 Å². The first kappa shape index (κ1) is 18.2. The van der Waals surface area contributed by atoms with E-state index in [4.69, 9.17) is 9.47 Å². The number of methoxy groups -OCH3 is 1. The number of ether oxygens (including phenoxy) is 2. The Labute approximate surface area is 165 Å². The minimum atomic E-state index is -0.169. The zero-order valence-corrected chi connectivity index (χ0v) is 16.4. The maximum Gasteiger partial charge on any atom is 0.291 e. The molecule has 0 unspecified atom stereocenters. The van der Waals surface area contributed by atoms with E-state index < -0.39 is 0 Å². The van der Waals surface area contributed by atoms with Gasteiger partial charge in [-0.3, -0.25) is 4.79 Å². The fraction of sp³-hybridized carbons (Fsp3) is 0.190. The number of nitrogens with zero attached hydrogens (tertiary/aromatic N) is 3. The van der Waals surface area contributed by atoms with E-state index in [1.54, 1.807) is 7.11 Å². The highest BCUT2D eigenvalue weighted by molar-refractivity contribution is 7.15. The van der Waals surface area contributed by atoms with Crippen LogP contribution < -0.4 is 19.6 Å². The molecule has 4 rings (SSSR count). The Hall–Kier alpha value is -3.19. The van der Waals surface area contributed by atoms with Gasteiger partial charge in [-0.25, -0.2) is 0 Å². The molecule has 0 bridgehead atoms. The maximum absolute atomic E-state index is 12.7. The van der Waals surface area contributed by atoms with Crippen molar-refractivity contribution in [3.05, 3.63) is 69.0 Å². The Morgan fingerprint density at radius 2 is 1.79 bits per heavy atom. The van der Waals surface area contributed by atoms with Crippen LogP contribution in [0.2, 0.25) is 0 Å². The van der Waals surface area contributed by atoms with Crippen molar-refractivity contribution in [2.24, 2.45) is 0 Å². The molecule has 0 aliphatic rings. The molecule has 6 nitrogen and oxygen atoms in total. The third-order valence-corrected chi connectivity index (χ3v) is 5.14. The zero-order chi connectivity index (χ0) is 19.5. The Balaban J connectivity index is 1.64. The lowest BCUT2D eigenvalue weighted by molar-refractivity contribution is 0.317. The molecule has 0 spiro atoms.